The van der Waals surface area contributed by atoms with Crippen molar-refractivity contribution < 1.29 is 28.7 Å². The van der Waals surface area contributed by atoms with Gasteiger partial charge in [0.15, 0.2) is 0 Å². The van der Waals surface area contributed by atoms with Gasteiger partial charge in [0.05, 0.1) is 17.7 Å². The lowest BCUT2D eigenvalue weighted by Crippen LogP contribution is -2.54. The van der Waals surface area contributed by atoms with Crippen LogP contribution in [0.3, 0.4) is 0 Å². The van der Waals surface area contributed by atoms with E-state index >= 15 is 0 Å². The van der Waals surface area contributed by atoms with Crippen LogP contribution in [0.4, 0.5) is 10.5 Å². The minimum Gasteiger partial charge on any atom is -0.450 e. The molecular weight excluding hydrogens is 512 g/mol. The van der Waals surface area contributed by atoms with Gasteiger partial charge in [0.2, 0.25) is 11.8 Å². The zero-order chi connectivity index (χ0) is 28.5. The average Bonchev–Trinajstić information content (AvgIpc) is 3.18. The quantitative estimate of drug-likeness (QED) is 0.239. The predicted octanol–water partition coefficient (Wildman–Crippen LogP) is 3.94. The number of fused-ring (bicyclic) bond motifs is 1. The summed E-state index contributed by atoms with van der Waals surface area (Å²) in [5, 5.41) is 5.77. The maximum absolute atomic E-state index is 13.5. The summed E-state index contributed by atoms with van der Waals surface area (Å²) in [5.41, 5.74) is 7.24. The van der Waals surface area contributed by atoms with Gasteiger partial charge in [-0.3, -0.25) is 29.4 Å². The normalized spacial score (nSPS) is 17.4. The van der Waals surface area contributed by atoms with Gasteiger partial charge in [0, 0.05) is 18.2 Å². The number of rotatable bonds is 14. The van der Waals surface area contributed by atoms with Gasteiger partial charge in [-0.2, -0.15) is 0 Å². The molecule has 2 aliphatic rings. The monoisotopic (exact) mass is 548 g/mol. The van der Waals surface area contributed by atoms with Gasteiger partial charge >= 0.3 is 6.09 Å². The fourth-order valence-corrected chi connectivity index (χ4v) is 5.35. The molecule has 4 rings (SSSR count). The van der Waals surface area contributed by atoms with Gasteiger partial charge in [-0.05, 0) is 43.4 Å². The molecule has 10 heteroatoms. The third-order valence-electron chi connectivity index (χ3n) is 7.34. The van der Waals surface area contributed by atoms with E-state index in [9.17, 15) is 24.0 Å². The number of carbonyl (C=O) groups is 5. The van der Waals surface area contributed by atoms with Crippen molar-refractivity contribution >= 4 is 35.4 Å². The van der Waals surface area contributed by atoms with Crippen LogP contribution in [-0.4, -0.2) is 53.3 Å². The van der Waals surface area contributed by atoms with E-state index in [0.717, 1.165) is 61.8 Å². The van der Waals surface area contributed by atoms with Gasteiger partial charge in [-0.25, -0.2) is 4.79 Å². The molecule has 2 heterocycles. The Labute approximate surface area is 233 Å². The van der Waals surface area contributed by atoms with E-state index < -0.39 is 35.8 Å². The molecule has 2 atom stereocenters. The van der Waals surface area contributed by atoms with E-state index in [1.807, 2.05) is 18.2 Å². The van der Waals surface area contributed by atoms with Crippen LogP contribution in [0.15, 0.2) is 48.5 Å². The van der Waals surface area contributed by atoms with Crippen LogP contribution < -0.4 is 16.4 Å². The summed E-state index contributed by atoms with van der Waals surface area (Å²) in [6.07, 6.45) is 6.94. The van der Waals surface area contributed by atoms with E-state index in [1.165, 1.54) is 0 Å². The average molecular weight is 549 g/mol. The Kier molecular flexibility index (Phi) is 9.88. The van der Waals surface area contributed by atoms with Crippen molar-refractivity contribution in [2.75, 3.05) is 11.9 Å². The molecule has 2 aromatic carbocycles. The van der Waals surface area contributed by atoms with Crippen LogP contribution in [0.1, 0.15) is 84.1 Å². The van der Waals surface area contributed by atoms with Gasteiger partial charge in [-0.15, -0.1) is 0 Å². The Hall–Kier alpha value is -4.21. The van der Waals surface area contributed by atoms with Crippen LogP contribution in [0.2, 0.25) is 0 Å². The number of nitrogens with one attached hydrogen (secondary N) is 2. The number of nitrogens with two attached hydrogens (primary N) is 1. The summed E-state index contributed by atoms with van der Waals surface area (Å²) in [5.74, 6) is -2.06. The van der Waals surface area contributed by atoms with Gasteiger partial charge in [-0.1, -0.05) is 68.5 Å². The molecule has 4 N–H and O–H groups in total. The van der Waals surface area contributed by atoms with Gasteiger partial charge in [0.25, 0.3) is 11.8 Å². The zero-order valence-electron chi connectivity index (χ0n) is 22.5. The third-order valence-corrected chi connectivity index (χ3v) is 7.34. The molecule has 1 saturated heterocycles. The number of nitrogens with zero attached hydrogens (tertiary/aromatic N) is 1. The molecule has 2 unspecified atom stereocenters. The minimum absolute atomic E-state index is 0.0189. The highest BCUT2D eigenvalue weighted by Gasteiger charge is 2.45. The number of amides is 5. The first-order valence-electron chi connectivity index (χ1n) is 13.9. The van der Waals surface area contributed by atoms with Crippen molar-refractivity contribution in [1.82, 2.24) is 10.2 Å². The van der Waals surface area contributed by atoms with Crippen molar-refractivity contribution in [2.45, 2.75) is 76.3 Å². The van der Waals surface area contributed by atoms with Crippen LogP contribution in [-0.2, 0) is 20.7 Å². The lowest BCUT2D eigenvalue weighted by atomic mass is 9.98. The minimum atomic E-state index is -1.000. The molecule has 0 bridgehead atoms. The summed E-state index contributed by atoms with van der Waals surface area (Å²) in [6, 6.07) is 14.3. The number of hydrogen-bond acceptors (Lipinski definition) is 7. The fraction of sp³-hybridized carbons (Fsp3) is 0.433. The van der Waals surface area contributed by atoms with Crippen molar-refractivity contribution in [3.63, 3.8) is 0 Å². The lowest BCUT2D eigenvalue weighted by Gasteiger charge is -2.28. The Morgan fingerprint density at radius 1 is 0.950 bits per heavy atom. The van der Waals surface area contributed by atoms with E-state index in [4.69, 9.17) is 10.5 Å². The third kappa shape index (κ3) is 7.25. The molecule has 0 aromatic heterocycles. The summed E-state index contributed by atoms with van der Waals surface area (Å²) in [4.78, 5) is 62.4. The van der Waals surface area contributed by atoms with Crippen molar-refractivity contribution in [3.8, 4) is 0 Å². The number of primary amides is 1. The molecule has 0 spiro atoms. The number of piperidine rings is 1. The molecule has 40 heavy (non-hydrogen) atoms. The van der Waals surface area contributed by atoms with E-state index in [0.29, 0.717) is 12.3 Å². The molecule has 10 nitrogen and oxygen atoms in total. The molecule has 0 saturated carbocycles. The second kappa shape index (κ2) is 13.7. The number of carbonyl (C=O) groups excluding carboxylic acids is 5. The van der Waals surface area contributed by atoms with Crippen LogP contribution in [0.5, 0.6) is 0 Å². The molecule has 0 radical (unpaired) electrons. The Morgan fingerprint density at radius 2 is 1.68 bits per heavy atom. The van der Waals surface area contributed by atoms with E-state index in [1.54, 1.807) is 18.2 Å². The SMILES string of the molecule is NC(=O)OCCCCCCCCC(Cc1ccccc1)Nc1cccc2c1C(=O)N(C1CCC(=O)NC1=O)C2=O. The zero-order valence-corrected chi connectivity index (χ0v) is 22.5. The second-order valence-electron chi connectivity index (χ2n) is 10.3. The van der Waals surface area contributed by atoms with Crippen LogP contribution >= 0.6 is 0 Å². The Bertz CT molecular complexity index is 1250. The number of benzene rings is 2. The highest BCUT2D eigenvalue weighted by atomic mass is 16.5. The molecule has 212 valence electrons. The molecular formula is C30H36N4O6. The topological polar surface area (TPSA) is 148 Å². The fourth-order valence-electron chi connectivity index (χ4n) is 5.35. The smallest absolute Gasteiger partial charge is 0.404 e. The first-order valence-corrected chi connectivity index (χ1v) is 13.9. The lowest BCUT2D eigenvalue weighted by molar-refractivity contribution is -0.136. The van der Waals surface area contributed by atoms with Crippen molar-refractivity contribution in [1.29, 1.82) is 0 Å². The van der Waals surface area contributed by atoms with Gasteiger partial charge < -0.3 is 15.8 Å². The first kappa shape index (κ1) is 28.8. The largest absolute Gasteiger partial charge is 0.450 e. The summed E-state index contributed by atoms with van der Waals surface area (Å²) in [7, 11) is 0. The van der Waals surface area contributed by atoms with E-state index in [2.05, 4.69) is 22.8 Å². The number of anilines is 1. The number of hydrogen-bond donors (Lipinski definition) is 3. The maximum atomic E-state index is 13.5. The first-order chi connectivity index (χ1) is 19.3. The molecule has 5 amide bonds. The number of imide groups is 2. The molecule has 1 fully saturated rings. The summed E-state index contributed by atoms with van der Waals surface area (Å²) < 4.78 is 4.76. The summed E-state index contributed by atoms with van der Waals surface area (Å²) in [6.45, 7) is 0.349. The van der Waals surface area contributed by atoms with Crippen LogP contribution in [0.25, 0.3) is 0 Å². The molecule has 2 aliphatic heterocycles. The highest BCUT2D eigenvalue weighted by molar-refractivity contribution is 6.25. The van der Waals surface area contributed by atoms with Crippen LogP contribution in [0, 0.1) is 0 Å². The molecule has 0 aliphatic carbocycles. The number of ether oxygens (including phenoxy) is 1. The standard InChI is InChI=1S/C30H36N4O6/c31-30(39)40-18-9-4-2-1-3-8-13-21(19-20-11-6-5-7-12-20)32-23-15-10-14-22-26(23)29(38)34(28(22)37)24-16-17-25(35)33-27(24)36/h5-7,10-12,14-15,21,24,32H,1-4,8-9,13,16-19H2,(H2,31,39)(H,33,35,36). The second-order valence-corrected chi connectivity index (χ2v) is 10.3. The number of unbranched alkanes of at least 4 members (excludes halogenated alkanes) is 5. The van der Waals surface area contributed by atoms with Crippen molar-refractivity contribution in [2.24, 2.45) is 5.73 Å². The summed E-state index contributed by atoms with van der Waals surface area (Å²) >= 11 is 0. The Morgan fingerprint density at radius 3 is 2.40 bits per heavy atom. The Balaban J connectivity index is 1.41. The van der Waals surface area contributed by atoms with Crippen molar-refractivity contribution in [3.05, 3.63) is 65.2 Å². The highest BCUT2D eigenvalue weighted by Crippen LogP contribution is 2.33. The van der Waals surface area contributed by atoms with E-state index in [-0.39, 0.29) is 30.0 Å². The predicted molar refractivity (Wildman–Crippen MR) is 149 cm³/mol. The van der Waals surface area contributed by atoms with Gasteiger partial charge in [0.1, 0.15) is 6.04 Å². The maximum Gasteiger partial charge on any atom is 0.404 e. The molecule has 2 aromatic rings.